The Bertz CT molecular complexity index is 952. The second-order valence-corrected chi connectivity index (χ2v) is 8.34. The van der Waals surface area contributed by atoms with Gasteiger partial charge in [-0.05, 0) is 34.1 Å². The molecular weight excluding hydrogens is 440 g/mol. The van der Waals surface area contributed by atoms with E-state index >= 15 is 0 Å². The minimum atomic E-state index is -4.01. The van der Waals surface area contributed by atoms with Crippen molar-refractivity contribution in [2.24, 2.45) is 0 Å². The third-order valence-electron chi connectivity index (χ3n) is 3.58. The second-order valence-electron chi connectivity index (χ2n) is 5.41. The average molecular weight is 459 g/mol. The maximum Gasteiger partial charge on any atom is 0.246 e. The molecule has 0 atom stereocenters. The lowest BCUT2D eigenvalue weighted by Gasteiger charge is -2.18. The van der Waals surface area contributed by atoms with E-state index in [1.807, 2.05) is 0 Å². The van der Waals surface area contributed by atoms with Crippen LogP contribution in [0.2, 0.25) is 0 Å². The third-order valence-corrected chi connectivity index (χ3v) is 5.85. The Morgan fingerprint density at radius 3 is 2.63 bits per heavy atom. The van der Waals surface area contributed by atoms with E-state index in [2.05, 4.69) is 26.2 Å². The SMILES string of the molecule is COc1ccc(OC)c(NC(=O)CN(C)S(=O)(=O)c2cc(Br)cnc2N)c1. The van der Waals surface area contributed by atoms with Gasteiger partial charge in [0.2, 0.25) is 15.9 Å². The minimum absolute atomic E-state index is 0.153. The van der Waals surface area contributed by atoms with Gasteiger partial charge in [-0.3, -0.25) is 4.79 Å². The summed E-state index contributed by atoms with van der Waals surface area (Å²) in [5.41, 5.74) is 6.03. The molecule has 11 heteroatoms. The van der Waals surface area contributed by atoms with Crippen LogP contribution >= 0.6 is 15.9 Å². The van der Waals surface area contributed by atoms with Gasteiger partial charge >= 0.3 is 0 Å². The summed E-state index contributed by atoms with van der Waals surface area (Å²) in [5.74, 6) is 0.212. The van der Waals surface area contributed by atoms with Gasteiger partial charge in [0.15, 0.2) is 0 Å². The number of sulfonamides is 1. The molecule has 0 aliphatic carbocycles. The molecule has 0 saturated carbocycles. The number of carbonyl (C=O) groups excluding carboxylic acids is 1. The lowest BCUT2D eigenvalue weighted by atomic mass is 10.2. The first-order valence-corrected chi connectivity index (χ1v) is 9.81. The van der Waals surface area contributed by atoms with Crippen molar-refractivity contribution in [1.29, 1.82) is 0 Å². The molecule has 1 aromatic carbocycles. The molecule has 0 unspecified atom stereocenters. The van der Waals surface area contributed by atoms with E-state index in [1.54, 1.807) is 18.2 Å². The van der Waals surface area contributed by atoms with Crippen LogP contribution in [0.5, 0.6) is 11.5 Å². The van der Waals surface area contributed by atoms with Crippen LogP contribution in [0.3, 0.4) is 0 Å². The molecule has 27 heavy (non-hydrogen) atoms. The number of hydrogen-bond donors (Lipinski definition) is 2. The highest BCUT2D eigenvalue weighted by Gasteiger charge is 2.26. The van der Waals surface area contributed by atoms with Gasteiger partial charge in [0.05, 0.1) is 26.5 Å². The summed E-state index contributed by atoms with van der Waals surface area (Å²) >= 11 is 3.16. The van der Waals surface area contributed by atoms with E-state index in [0.29, 0.717) is 21.7 Å². The van der Waals surface area contributed by atoms with Gasteiger partial charge in [0, 0.05) is 23.8 Å². The summed E-state index contributed by atoms with van der Waals surface area (Å²) in [4.78, 5) is 16.0. The second kappa shape index (κ2) is 8.55. The molecule has 1 aromatic heterocycles. The maximum absolute atomic E-state index is 12.7. The molecule has 1 amide bonds. The Labute approximate surface area is 165 Å². The molecule has 0 radical (unpaired) electrons. The first-order chi connectivity index (χ1) is 12.7. The zero-order valence-corrected chi connectivity index (χ0v) is 17.3. The molecule has 146 valence electrons. The number of nitrogens with two attached hydrogens (primary N) is 1. The molecular formula is C16H19BrN4O5S. The number of pyridine rings is 1. The number of rotatable bonds is 7. The number of anilines is 2. The van der Waals surface area contributed by atoms with Crippen LogP contribution in [0, 0.1) is 0 Å². The average Bonchev–Trinajstić information content (AvgIpc) is 2.63. The molecule has 3 N–H and O–H groups in total. The highest BCUT2D eigenvalue weighted by atomic mass is 79.9. The summed E-state index contributed by atoms with van der Waals surface area (Å²) < 4.78 is 37.0. The van der Waals surface area contributed by atoms with E-state index < -0.39 is 22.5 Å². The zero-order valence-electron chi connectivity index (χ0n) is 14.9. The molecule has 2 aromatic rings. The van der Waals surface area contributed by atoms with Gasteiger partial charge in [-0.1, -0.05) is 0 Å². The van der Waals surface area contributed by atoms with E-state index in [4.69, 9.17) is 15.2 Å². The van der Waals surface area contributed by atoms with Crippen molar-refractivity contribution in [2.45, 2.75) is 4.90 Å². The zero-order chi connectivity index (χ0) is 20.2. The fraction of sp³-hybridized carbons (Fsp3) is 0.250. The smallest absolute Gasteiger partial charge is 0.246 e. The van der Waals surface area contributed by atoms with E-state index in [0.717, 1.165) is 4.31 Å². The molecule has 0 spiro atoms. The van der Waals surface area contributed by atoms with Gasteiger partial charge in [-0.2, -0.15) is 4.31 Å². The minimum Gasteiger partial charge on any atom is -0.497 e. The molecule has 9 nitrogen and oxygen atoms in total. The standard InChI is InChI=1S/C16H19BrN4O5S/c1-21(27(23,24)14-6-10(17)8-19-16(14)18)9-15(22)20-12-7-11(25-2)4-5-13(12)26-3/h4-8H,9H2,1-3H3,(H2,18,19)(H,20,22). The van der Waals surface area contributed by atoms with Crippen LogP contribution in [-0.2, 0) is 14.8 Å². The van der Waals surface area contributed by atoms with Crippen LogP contribution in [0.15, 0.2) is 39.8 Å². The molecule has 0 saturated heterocycles. The van der Waals surface area contributed by atoms with E-state index in [-0.39, 0.29) is 10.7 Å². The number of nitrogen functional groups attached to an aromatic ring is 1. The summed E-state index contributed by atoms with van der Waals surface area (Å²) in [5, 5.41) is 2.61. The number of aromatic nitrogens is 1. The number of nitrogens with zero attached hydrogens (tertiary/aromatic N) is 2. The van der Waals surface area contributed by atoms with Crippen molar-refractivity contribution >= 4 is 43.4 Å². The predicted molar refractivity (Wildman–Crippen MR) is 104 cm³/mol. The molecule has 2 rings (SSSR count). The lowest BCUT2D eigenvalue weighted by molar-refractivity contribution is -0.116. The predicted octanol–water partition coefficient (Wildman–Crippen LogP) is 1.70. The van der Waals surface area contributed by atoms with Gasteiger partial charge in [-0.15, -0.1) is 0 Å². The number of ether oxygens (including phenoxy) is 2. The number of likely N-dealkylation sites (N-methyl/N-ethyl adjacent to an activating group) is 1. The van der Waals surface area contributed by atoms with Gasteiger partial charge in [-0.25, -0.2) is 13.4 Å². The highest BCUT2D eigenvalue weighted by Crippen LogP contribution is 2.29. The highest BCUT2D eigenvalue weighted by molar-refractivity contribution is 9.10. The Morgan fingerprint density at radius 1 is 1.30 bits per heavy atom. The van der Waals surface area contributed by atoms with Gasteiger partial charge in [0.1, 0.15) is 22.2 Å². The van der Waals surface area contributed by atoms with Crippen LogP contribution < -0.4 is 20.5 Å². The summed E-state index contributed by atoms with van der Waals surface area (Å²) in [6.45, 7) is -0.436. The number of methoxy groups -OCH3 is 2. The van der Waals surface area contributed by atoms with Crippen molar-refractivity contribution in [3.05, 3.63) is 34.9 Å². The van der Waals surface area contributed by atoms with Crippen molar-refractivity contribution < 1.29 is 22.7 Å². The summed E-state index contributed by atoms with van der Waals surface area (Å²) in [7, 11) is 0.213. The number of benzene rings is 1. The Kier molecular flexibility index (Phi) is 6.63. The van der Waals surface area contributed by atoms with Crippen LogP contribution in [0.4, 0.5) is 11.5 Å². The molecule has 0 bridgehead atoms. The topological polar surface area (TPSA) is 124 Å². The first kappa shape index (κ1) is 20.9. The fourth-order valence-electron chi connectivity index (χ4n) is 2.19. The molecule has 0 fully saturated rings. The summed E-state index contributed by atoms with van der Waals surface area (Å²) in [6.07, 6.45) is 1.39. The quantitative estimate of drug-likeness (QED) is 0.646. The third kappa shape index (κ3) is 4.87. The van der Waals surface area contributed by atoms with Crippen LogP contribution in [0.1, 0.15) is 0 Å². The number of halogens is 1. The Morgan fingerprint density at radius 2 is 2.00 bits per heavy atom. The van der Waals surface area contributed by atoms with Gasteiger partial charge < -0.3 is 20.5 Å². The number of hydrogen-bond acceptors (Lipinski definition) is 7. The van der Waals surface area contributed by atoms with Gasteiger partial charge in [0.25, 0.3) is 0 Å². The van der Waals surface area contributed by atoms with Crippen molar-refractivity contribution in [1.82, 2.24) is 9.29 Å². The van der Waals surface area contributed by atoms with E-state index in [9.17, 15) is 13.2 Å². The number of nitrogens with one attached hydrogen (secondary N) is 1. The monoisotopic (exact) mass is 458 g/mol. The number of carbonyl (C=O) groups is 1. The molecule has 1 heterocycles. The largest absolute Gasteiger partial charge is 0.497 e. The first-order valence-electron chi connectivity index (χ1n) is 7.58. The van der Waals surface area contributed by atoms with Crippen molar-refractivity contribution in [3.63, 3.8) is 0 Å². The molecule has 0 aliphatic heterocycles. The molecule has 0 aliphatic rings. The van der Waals surface area contributed by atoms with Crippen molar-refractivity contribution in [2.75, 3.05) is 38.9 Å². The normalized spacial score (nSPS) is 11.3. The Balaban J connectivity index is 2.19. The van der Waals surface area contributed by atoms with Crippen LogP contribution in [0.25, 0.3) is 0 Å². The fourth-order valence-corrected chi connectivity index (χ4v) is 3.89. The van der Waals surface area contributed by atoms with E-state index in [1.165, 1.54) is 33.5 Å². The van der Waals surface area contributed by atoms with Crippen molar-refractivity contribution in [3.8, 4) is 11.5 Å². The Hall–Kier alpha value is -2.37. The van der Waals surface area contributed by atoms with Crippen LogP contribution in [-0.4, -0.2) is 51.4 Å². The lowest BCUT2D eigenvalue weighted by Crippen LogP contribution is -2.35. The maximum atomic E-state index is 12.7. The summed E-state index contributed by atoms with van der Waals surface area (Å²) in [6, 6.07) is 6.20. The number of amides is 1.